The molecular weight excluding hydrogens is 160 g/mol. The topological polar surface area (TPSA) is 9.23 Å². The van der Waals surface area contributed by atoms with E-state index in [9.17, 15) is 0 Å². The third kappa shape index (κ3) is 33.9. The van der Waals surface area contributed by atoms with Gasteiger partial charge in [-0.1, -0.05) is 32.3 Å². The molecule has 0 aromatic heterocycles. The molecule has 0 N–H and O–H groups in total. The molecule has 0 rings (SSSR count). The maximum atomic E-state index is 5.31. The van der Waals surface area contributed by atoms with Crippen LogP contribution in [-0.4, -0.2) is 13.2 Å². The first-order valence-electron chi connectivity index (χ1n) is 5.35. The van der Waals surface area contributed by atoms with Crippen LogP contribution in [0.3, 0.4) is 0 Å². The predicted molar refractivity (Wildman–Crippen MR) is 61.1 cm³/mol. The number of unbranched alkanes of at least 4 members (excludes halogenated alkanes) is 2. The highest BCUT2D eigenvalue weighted by Gasteiger charge is 1.84. The maximum absolute atomic E-state index is 5.31. The fourth-order valence-corrected chi connectivity index (χ4v) is 0.595. The SMILES string of the molecule is C=C(C)C.CCCCOCCCC. The van der Waals surface area contributed by atoms with Gasteiger partial charge in [0.25, 0.3) is 0 Å². The van der Waals surface area contributed by atoms with Crippen LogP contribution in [0.15, 0.2) is 12.2 Å². The van der Waals surface area contributed by atoms with Gasteiger partial charge < -0.3 is 4.74 Å². The zero-order valence-electron chi connectivity index (χ0n) is 9.86. The van der Waals surface area contributed by atoms with Crippen molar-refractivity contribution in [1.29, 1.82) is 0 Å². The molecule has 0 saturated carbocycles. The summed E-state index contributed by atoms with van der Waals surface area (Å²) in [4.78, 5) is 0. The fourth-order valence-electron chi connectivity index (χ4n) is 0.595. The van der Waals surface area contributed by atoms with Crippen LogP contribution in [0, 0.1) is 0 Å². The van der Waals surface area contributed by atoms with Gasteiger partial charge in [-0.2, -0.15) is 0 Å². The summed E-state index contributed by atoms with van der Waals surface area (Å²) < 4.78 is 5.31. The molecule has 0 aromatic carbocycles. The van der Waals surface area contributed by atoms with E-state index in [1.54, 1.807) is 0 Å². The summed E-state index contributed by atoms with van der Waals surface area (Å²) >= 11 is 0. The third-order valence-corrected chi connectivity index (χ3v) is 1.28. The molecule has 0 amide bonds. The molecule has 0 aliphatic rings. The fraction of sp³-hybridized carbons (Fsp3) is 0.833. The van der Waals surface area contributed by atoms with E-state index in [4.69, 9.17) is 4.74 Å². The molecular formula is C12H26O. The van der Waals surface area contributed by atoms with E-state index in [1.165, 1.54) is 31.3 Å². The second-order valence-electron chi connectivity index (χ2n) is 3.53. The van der Waals surface area contributed by atoms with Crippen molar-refractivity contribution in [2.75, 3.05) is 13.2 Å². The van der Waals surface area contributed by atoms with Gasteiger partial charge in [0.1, 0.15) is 0 Å². The normalized spacial score (nSPS) is 8.92. The molecule has 13 heavy (non-hydrogen) atoms. The zero-order valence-corrected chi connectivity index (χ0v) is 9.86. The van der Waals surface area contributed by atoms with Crippen LogP contribution in [0.2, 0.25) is 0 Å². The van der Waals surface area contributed by atoms with Gasteiger partial charge >= 0.3 is 0 Å². The molecule has 0 fully saturated rings. The Labute approximate surface area is 84.2 Å². The molecule has 0 aliphatic carbocycles. The molecule has 0 spiro atoms. The number of rotatable bonds is 6. The van der Waals surface area contributed by atoms with Crippen molar-refractivity contribution in [3.05, 3.63) is 12.2 Å². The van der Waals surface area contributed by atoms with E-state index < -0.39 is 0 Å². The van der Waals surface area contributed by atoms with Crippen LogP contribution in [0.4, 0.5) is 0 Å². The van der Waals surface area contributed by atoms with Crippen LogP contribution in [0.25, 0.3) is 0 Å². The molecule has 0 atom stereocenters. The lowest BCUT2D eigenvalue weighted by Crippen LogP contribution is -1.95. The quantitative estimate of drug-likeness (QED) is 0.446. The van der Waals surface area contributed by atoms with Crippen molar-refractivity contribution in [2.24, 2.45) is 0 Å². The Hall–Kier alpha value is -0.300. The highest BCUT2D eigenvalue weighted by molar-refractivity contribution is 4.78. The summed E-state index contributed by atoms with van der Waals surface area (Å²) in [5, 5.41) is 0. The zero-order chi connectivity index (χ0) is 10.5. The van der Waals surface area contributed by atoms with Crippen molar-refractivity contribution < 1.29 is 4.74 Å². The molecule has 0 radical (unpaired) electrons. The molecule has 1 nitrogen and oxygen atoms in total. The average molecular weight is 186 g/mol. The number of ether oxygens (including phenoxy) is 1. The number of allylic oxidation sites excluding steroid dienone is 1. The Morgan fingerprint density at radius 2 is 1.31 bits per heavy atom. The Bertz CT molecular complexity index is 87.3. The third-order valence-electron chi connectivity index (χ3n) is 1.28. The minimum Gasteiger partial charge on any atom is -0.381 e. The predicted octanol–water partition coefficient (Wildman–Crippen LogP) is 4.19. The van der Waals surface area contributed by atoms with Crippen LogP contribution in [0.5, 0.6) is 0 Å². The second-order valence-corrected chi connectivity index (χ2v) is 3.53. The first kappa shape index (κ1) is 15.2. The van der Waals surface area contributed by atoms with E-state index in [-0.39, 0.29) is 0 Å². The first-order chi connectivity index (χ1) is 6.15. The summed E-state index contributed by atoms with van der Waals surface area (Å²) in [5.74, 6) is 0. The standard InChI is InChI=1S/C8H18O.C4H8/c1-3-5-7-9-8-6-4-2;1-4(2)3/h3-8H2,1-2H3;1H2,2-3H3. The minimum absolute atomic E-state index is 0.955. The Morgan fingerprint density at radius 3 is 1.54 bits per heavy atom. The van der Waals surface area contributed by atoms with Crippen LogP contribution in [-0.2, 0) is 4.74 Å². The van der Waals surface area contributed by atoms with E-state index in [1.807, 2.05) is 13.8 Å². The molecule has 0 saturated heterocycles. The second kappa shape index (κ2) is 14.2. The Balaban J connectivity index is 0. The maximum Gasteiger partial charge on any atom is 0.0465 e. The van der Waals surface area contributed by atoms with Gasteiger partial charge in [0.15, 0.2) is 0 Å². The Kier molecular flexibility index (Phi) is 16.6. The summed E-state index contributed by atoms with van der Waals surface area (Å²) in [7, 11) is 0. The number of hydrogen-bond acceptors (Lipinski definition) is 1. The van der Waals surface area contributed by atoms with Gasteiger partial charge in [-0.15, -0.1) is 6.58 Å². The highest BCUT2D eigenvalue weighted by Crippen LogP contribution is 1.91. The van der Waals surface area contributed by atoms with Gasteiger partial charge in [-0.3, -0.25) is 0 Å². The molecule has 0 unspecified atom stereocenters. The molecule has 0 aliphatic heterocycles. The van der Waals surface area contributed by atoms with E-state index in [0.29, 0.717) is 0 Å². The Morgan fingerprint density at radius 1 is 1.00 bits per heavy atom. The largest absolute Gasteiger partial charge is 0.381 e. The molecule has 80 valence electrons. The van der Waals surface area contributed by atoms with E-state index in [0.717, 1.165) is 13.2 Å². The smallest absolute Gasteiger partial charge is 0.0465 e. The number of hydrogen-bond donors (Lipinski definition) is 0. The van der Waals surface area contributed by atoms with Gasteiger partial charge in [0.2, 0.25) is 0 Å². The molecule has 0 bridgehead atoms. The summed E-state index contributed by atoms with van der Waals surface area (Å²) in [6.07, 6.45) is 4.91. The van der Waals surface area contributed by atoms with Crippen molar-refractivity contribution in [3.63, 3.8) is 0 Å². The van der Waals surface area contributed by atoms with Crippen molar-refractivity contribution in [3.8, 4) is 0 Å². The van der Waals surface area contributed by atoms with Crippen LogP contribution < -0.4 is 0 Å². The summed E-state index contributed by atoms with van der Waals surface area (Å²) in [5.41, 5.74) is 1.17. The van der Waals surface area contributed by atoms with Crippen LogP contribution >= 0.6 is 0 Å². The van der Waals surface area contributed by atoms with E-state index in [2.05, 4.69) is 20.4 Å². The van der Waals surface area contributed by atoms with Crippen molar-refractivity contribution in [2.45, 2.75) is 53.4 Å². The minimum atomic E-state index is 0.955. The monoisotopic (exact) mass is 186 g/mol. The summed E-state index contributed by atoms with van der Waals surface area (Å²) in [6.45, 7) is 13.8. The molecule has 0 heterocycles. The first-order valence-corrected chi connectivity index (χ1v) is 5.35. The molecule has 1 heteroatoms. The average Bonchev–Trinajstić information content (AvgIpc) is 2.03. The molecule has 0 aromatic rings. The van der Waals surface area contributed by atoms with Crippen molar-refractivity contribution >= 4 is 0 Å². The van der Waals surface area contributed by atoms with E-state index >= 15 is 0 Å². The summed E-state index contributed by atoms with van der Waals surface area (Å²) in [6, 6.07) is 0. The van der Waals surface area contributed by atoms with Gasteiger partial charge in [0.05, 0.1) is 0 Å². The van der Waals surface area contributed by atoms with Crippen LogP contribution in [0.1, 0.15) is 53.4 Å². The lowest BCUT2D eigenvalue weighted by atomic mass is 10.3. The lowest BCUT2D eigenvalue weighted by Gasteiger charge is -1.99. The lowest BCUT2D eigenvalue weighted by molar-refractivity contribution is 0.128. The van der Waals surface area contributed by atoms with Crippen molar-refractivity contribution in [1.82, 2.24) is 0 Å². The van der Waals surface area contributed by atoms with Gasteiger partial charge in [0, 0.05) is 13.2 Å². The highest BCUT2D eigenvalue weighted by atomic mass is 16.5. The van der Waals surface area contributed by atoms with Gasteiger partial charge in [-0.05, 0) is 26.7 Å². The van der Waals surface area contributed by atoms with Gasteiger partial charge in [-0.25, -0.2) is 0 Å².